The zero-order valence-electron chi connectivity index (χ0n) is 8.72. The second-order valence-electron chi connectivity index (χ2n) is 3.63. The number of halogens is 2. The summed E-state index contributed by atoms with van der Waals surface area (Å²) in [5.74, 6) is 0. The van der Waals surface area contributed by atoms with Crippen molar-refractivity contribution in [3.8, 4) is 0 Å². The fourth-order valence-corrected chi connectivity index (χ4v) is 2.38. The van der Waals surface area contributed by atoms with Crippen LogP contribution in [0.2, 0.25) is 10.0 Å². The van der Waals surface area contributed by atoms with Crippen molar-refractivity contribution in [3.63, 3.8) is 0 Å². The van der Waals surface area contributed by atoms with Crippen LogP contribution >= 0.6 is 23.2 Å². The lowest BCUT2D eigenvalue weighted by Crippen LogP contribution is -2.16. The summed E-state index contributed by atoms with van der Waals surface area (Å²) in [6, 6.07) is 3.47. The molecule has 2 aromatic rings. The highest BCUT2D eigenvalue weighted by atomic mass is 35.5. The van der Waals surface area contributed by atoms with Crippen LogP contribution in [-0.2, 0) is 0 Å². The number of fused-ring (bicyclic) bond motifs is 1. The number of nitrogens with one attached hydrogen (secondary N) is 2. The van der Waals surface area contributed by atoms with Crippen molar-refractivity contribution in [2.45, 2.75) is 6.10 Å². The van der Waals surface area contributed by atoms with E-state index in [4.69, 9.17) is 23.2 Å². The zero-order valence-corrected chi connectivity index (χ0v) is 10.2. The minimum atomic E-state index is -0.586. The second-order valence-corrected chi connectivity index (χ2v) is 4.47. The van der Waals surface area contributed by atoms with E-state index in [1.165, 1.54) is 0 Å². The number of likely N-dealkylation sites (N-methyl/N-ethyl adjacent to an activating group) is 1. The van der Waals surface area contributed by atoms with Crippen molar-refractivity contribution >= 4 is 34.1 Å². The molecule has 0 bridgehead atoms. The van der Waals surface area contributed by atoms with Crippen molar-refractivity contribution in [3.05, 3.63) is 33.9 Å². The van der Waals surface area contributed by atoms with E-state index in [0.717, 1.165) is 16.5 Å². The number of aliphatic hydroxyl groups excluding tert-OH is 1. The van der Waals surface area contributed by atoms with Gasteiger partial charge in [-0.2, -0.15) is 0 Å². The molecule has 0 aliphatic carbocycles. The molecule has 0 amide bonds. The van der Waals surface area contributed by atoms with Crippen LogP contribution in [0.15, 0.2) is 18.3 Å². The molecule has 1 aromatic carbocycles. The Morgan fingerprint density at radius 3 is 2.88 bits per heavy atom. The Kier molecular flexibility index (Phi) is 3.40. The predicted molar refractivity (Wildman–Crippen MR) is 67.2 cm³/mol. The first-order valence-corrected chi connectivity index (χ1v) is 5.67. The minimum Gasteiger partial charge on any atom is -0.387 e. The van der Waals surface area contributed by atoms with Crippen LogP contribution in [-0.4, -0.2) is 23.7 Å². The highest BCUT2D eigenvalue weighted by Gasteiger charge is 2.15. The van der Waals surface area contributed by atoms with Crippen molar-refractivity contribution in [1.82, 2.24) is 10.3 Å². The maximum atomic E-state index is 9.93. The van der Waals surface area contributed by atoms with Gasteiger partial charge in [-0.3, -0.25) is 0 Å². The molecule has 1 unspecified atom stereocenters. The number of rotatable bonds is 3. The second kappa shape index (κ2) is 4.63. The van der Waals surface area contributed by atoms with Gasteiger partial charge in [-0.05, 0) is 19.2 Å². The largest absolute Gasteiger partial charge is 0.387 e. The summed E-state index contributed by atoms with van der Waals surface area (Å²) in [5.41, 5.74) is 1.62. The Bertz CT molecular complexity index is 510. The van der Waals surface area contributed by atoms with Gasteiger partial charge in [0.15, 0.2) is 0 Å². The fourth-order valence-electron chi connectivity index (χ4n) is 1.77. The minimum absolute atomic E-state index is 0.478. The summed E-state index contributed by atoms with van der Waals surface area (Å²) < 4.78 is 0. The smallest absolute Gasteiger partial charge is 0.0935 e. The molecular weight excluding hydrogens is 247 g/mol. The highest BCUT2D eigenvalue weighted by molar-refractivity contribution is 6.38. The highest BCUT2D eigenvalue weighted by Crippen LogP contribution is 2.32. The van der Waals surface area contributed by atoms with E-state index in [-0.39, 0.29) is 0 Å². The predicted octanol–water partition coefficient (Wildman–Crippen LogP) is 2.73. The average Bonchev–Trinajstić information content (AvgIpc) is 2.61. The van der Waals surface area contributed by atoms with E-state index in [1.807, 2.05) is 0 Å². The lowest BCUT2D eigenvalue weighted by molar-refractivity contribution is 0.179. The fraction of sp³-hybridized carbons (Fsp3) is 0.273. The molecule has 0 spiro atoms. The van der Waals surface area contributed by atoms with Gasteiger partial charge in [0, 0.05) is 34.2 Å². The lowest BCUT2D eigenvalue weighted by Gasteiger charge is -2.09. The van der Waals surface area contributed by atoms with Gasteiger partial charge in [-0.1, -0.05) is 23.2 Å². The molecular formula is C11H12Cl2N2O. The third-order valence-electron chi connectivity index (χ3n) is 2.48. The number of aliphatic hydroxyl groups is 1. The molecule has 0 saturated carbocycles. The van der Waals surface area contributed by atoms with Gasteiger partial charge in [0.1, 0.15) is 0 Å². The standard InChI is InChI=1S/C11H12Cl2N2O/c1-14-5-10(16)7-4-15-9-3-6(12)2-8(13)11(7)9/h2-4,10,14-16H,5H2,1H3. The van der Waals surface area contributed by atoms with Crippen molar-refractivity contribution in [2.75, 3.05) is 13.6 Å². The van der Waals surface area contributed by atoms with E-state index in [2.05, 4.69) is 10.3 Å². The first kappa shape index (κ1) is 11.7. The number of benzene rings is 1. The van der Waals surface area contributed by atoms with Crippen LogP contribution < -0.4 is 5.32 Å². The normalized spacial score (nSPS) is 13.2. The van der Waals surface area contributed by atoms with E-state index in [9.17, 15) is 5.11 Å². The summed E-state index contributed by atoms with van der Waals surface area (Å²) >= 11 is 12.0. The van der Waals surface area contributed by atoms with E-state index < -0.39 is 6.10 Å². The number of aromatic amines is 1. The quantitative estimate of drug-likeness (QED) is 0.793. The molecule has 0 radical (unpaired) electrons. The van der Waals surface area contributed by atoms with Crippen LogP contribution in [0.4, 0.5) is 0 Å². The van der Waals surface area contributed by atoms with Crippen LogP contribution in [0.5, 0.6) is 0 Å². The van der Waals surface area contributed by atoms with E-state index in [0.29, 0.717) is 16.6 Å². The molecule has 3 nitrogen and oxygen atoms in total. The van der Waals surface area contributed by atoms with Crippen molar-refractivity contribution in [1.29, 1.82) is 0 Å². The molecule has 3 N–H and O–H groups in total. The third kappa shape index (κ3) is 2.04. The third-order valence-corrected chi connectivity index (χ3v) is 3.00. The maximum Gasteiger partial charge on any atom is 0.0935 e. The van der Waals surface area contributed by atoms with Crippen molar-refractivity contribution in [2.24, 2.45) is 0 Å². The molecule has 0 fully saturated rings. The van der Waals surface area contributed by atoms with Crippen LogP contribution in [0.25, 0.3) is 10.9 Å². The number of H-pyrrole nitrogens is 1. The van der Waals surface area contributed by atoms with Crippen LogP contribution in [0.1, 0.15) is 11.7 Å². The Balaban J connectivity index is 2.55. The van der Waals surface area contributed by atoms with Crippen molar-refractivity contribution < 1.29 is 5.11 Å². The van der Waals surface area contributed by atoms with Gasteiger partial charge in [0.25, 0.3) is 0 Å². The molecule has 1 atom stereocenters. The van der Waals surface area contributed by atoms with Gasteiger partial charge in [0.05, 0.1) is 11.1 Å². The molecule has 0 aliphatic heterocycles. The first-order chi connectivity index (χ1) is 7.63. The molecule has 86 valence electrons. The monoisotopic (exact) mass is 258 g/mol. The topological polar surface area (TPSA) is 48.0 Å². The molecule has 5 heteroatoms. The van der Waals surface area contributed by atoms with Gasteiger partial charge in [0.2, 0.25) is 0 Å². The molecule has 0 aliphatic rings. The summed E-state index contributed by atoms with van der Waals surface area (Å²) in [5, 5.41) is 14.8. The Morgan fingerprint density at radius 2 is 2.19 bits per heavy atom. The SMILES string of the molecule is CNCC(O)c1c[nH]c2cc(Cl)cc(Cl)c12. The number of hydrogen-bond donors (Lipinski definition) is 3. The first-order valence-electron chi connectivity index (χ1n) is 4.92. The van der Waals surface area contributed by atoms with Gasteiger partial charge < -0.3 is 15.4 Å². The van der Waals surface area contributed by atoms with Gasteiger partial charge in [-0.25, -0.2) is 0 Å². The Hall–Kier alpha value is -0.740. The Labute approximate surface area is 103 Å². The van der Waals surface area contributed by atoms with Gasteiger partial charge in [-0.15, -0.1) is 0 Å². The van der Waals surface area contributed by atoms with Crippen LogP contribution in [0, 0.1) is 0 Å². The van der Waals surface area contributed by atoms with Crippen LogP contribution in [0.3, 0.4) is 0 Å². The summed E-state index contributed by atoms with van der Waals surface area (Å²) in [7, 11) is 1.79. The van der Waals surface area contributed by atoms with E-state index in [1.54, 1.807) is 25.4 Å². The zero-order chi connectivity index (χ0) is 11.7. The molecule has 0 saturated heterocycles. The summed E-state index contributed by atoms with van der Waals surface area (Å²) in [6.45, 7) is 0.478. The molecule has 1 heterocycles. The van der Waals surface area contributed by atoms with E-state index >= 15 is 0 Å². The maximum absolute atomic E-state index is 9.93. The average molecular weight is 259 g/mol. The summed E-state index contributed by atoms with van der Waals surface area (Å²) in [4.78, 5) is 3.05. The Morgan fingerprint density at radius 1 is 1.44 bits per heavy atom. The summed E-state index contributed by atoms with van der Waals surface area (Å²) in [6.07, 6.45) is 1.17. The molecule has 1 aromatic heterocycles. The molecule has 16 heavy (non-hydrogen) atoms. The number of aromatic nitrogens is 1. The lowest BCUT2D eigenvalue weighted by atomic mass is 10.1. The van der Waals surface area contributed by atoms with Gasteiger partial charge >= 0.3 is 0 Å². The molecule has 2 rings (SSSR count). The number of hydrogen-bond acceptors (Lipinski definition) is 2.